The molecule has 86 valence electrons. The smallest absolute Gasteiger partial charge is 0.124 e. The van der Waals surface area contributed by atoms with Gasteiger partial charge in [-0.1, -0.05) is 12.1 Å². The van der Waals surface area contributed by atoms with Crippen molar-refractivity contribution in [2.24, 2.45) is 0 Å². The van der Waals surface area contributed by atoms with Crippen molar-refractivity contribution in [2.45, 2.75) is 0 Å². The van der Waals surface area contributed by atoms with Gasteiger partial charge in [-0.05, 0) is 30.3 Å². The Balaban J connectivity index is 1.94. The Morgan fingerprint density at radius 1 is 1.06 bits per heavy atom. The third-order valence-corrected chi connectivity index (χ3v) is 4.07. The second kappa shape index (κ2) is 3.65. The Kier molecular flexibility index (Phi) is 1.98. The van der Waals surface area contributed by atoms with Crippen LogP contribution >= 0.6 is 11.3 Å². The van der Waals surface area contributed by atoms with E-state index < -0.39 is 0 Å². The van der Waals surface area contributed by atoms with E-state index >= 15 is 0 Å². The fourth-order valence-corrected chi connectivity index (χ4v) is 3.03. The van der Waals surface area contributed by atoms with E-state index in [-0.39, 0.29) is 0 Å². The fourth-order valence-electron chi connectivity index (χ4n) is 2.07. The summed E-state index contributed by atoms with van der Waals surface area (Å²) in [5.41, 5.74) is 3.26. The van der Waals surface area contributed by atoms with Gasteiger partial charge in [0.2, 0.25) is 0 Å². The van der Waals surface area contributed by atoms with Gasteiger partial charge in [0.05, 0.1) is 21.9 Å². The Labute approximate surface area is 107 Å². The first-order valence-corrected chi connectivity index (χ1v) is 6.51. The van der Waals surface area contributed by atoms with E-state index in [1.54, 1.807) is 11.3 Å². The molecule has 0 aliphatic carbocycles. The van der Waals surface area contributed by atoms with E-state index in [1.807, 2.05) is 30.5 Å². The molecular formula is C14H9N3S. The summed E-state index contributed by atoms with van der Waals surface area (Å²) in [6.07, 6.45) is 1.84. The van der Waals surface area contributed by atoms with E-state index in [4.69, 9.17) is 0 Å². The number of hydrogen-bond donors (Lipinski definition) is 1. The molecule has 0 unspecified atom stereocenters. The van der Waals surface area contributed by atoms with Crippen molar-refractivity contribution in [2.75, 3.05) is 0 Å². The monoisotopic (exact) mass is 251 g/mol. The van der Waals surface area contributed by atoms with Crippen LogP contribution in [-0.2, 0) is 0 Å². The minimum absolute atomic E-state index is 1.05. The second-order valence-electron chi connectivity index (χ2n) is 4.16. The summed E-state index contributed by atoms with van der Waals surface area (Å²) in [6.45, 7) is 0. The molecule has 0 saturated carbocycles. The van der Waals surface area contributed by atoms with Crippen LogP contribution in [0.3, 0.4) is 0 Å². The number of fused-ring (bicyclic) bond motifs is 2. The number of aromatic amines is 1. The summed E-state index contributed by atoms with van der Waals surface area (Å²) in [5.74, 6) is 0. The maximum Gasteiger partial charge on any atom is 0.124 e. The van der Waals surface area contributed by atoms with Crippen LogP contribution in [0.1, 0.15) is 0 Å². The second-order valence-corrected chi connectivity index (χ2v) is 5.19. The van der Waals surface area contributed by atoms with E-state index in [0.717, 1.165) is 27.0 Å². The Bertz CT molecular complexity index is 811. The van der Waals surface area contributed by atoms with Gasteiger partial charge in [-0.15, -0.1) is 11.3 Å². The highest BCUT2D eigenvalue weighted by molar-refractivity contribution is 7.21. The van der Waals surface area contributed by atoms with E-state index in [1.165, 1.54) is 4.70 Å². The van der Waals surface area contributed by atoms with Crippen molar-refractivity contribution < 1.29 is 0 Å². The van der Waals surface area contributed by atoms with Gasteiger partial charge in [-0.2, -0.15) is 5.10 Å². The van der Waals surface area contributed by atoms with E-state index in [0.29, 0.717) is 0 Å². The van der Waals surface area contributed by atoms with Crippen LogP contribution in [0.15, 0.2) is 48.7 Å². The molecule has 3 nitrogen and oxygen atoms in total. The summed E-state index contributed by atoms with van der Waals surface area (Å²) in [6, 6.07) is 14.5. The number of aromatic nitrogens is 3. The molecule has 0 amide bonds. The predicted molar refractivity (Wildman–Crippen MR) is 74.7 cm³/mol. The quantitative estimate of drug-likeness (QED) is 0.558. The average Bonchev–Trinajstić information content (AvgIpc) is 3.04. The summed E-state index contributed by atoms with van der Waals surface area (Å²) in [4.78, 5) is 4.66. The van der Waals surface area contributed by atoms with Gasteiger partial charge in [0.25, 0.3) is 0 Å². The number of para-hydroxylation sites is 1. The standard InChI is InChI=1S/C14H9N3S/c1-2-4-13-12(3-1)16-14(18-13)9-5-6-11-10(7-9)8-15-17-11/h1-8H,(H,15,17). The third kappa shape index (κ3) is 1.43. The number of rotatable bonds is 1. The average molecular weight is 251 g/mol. The van der Waals surface area contributed by atoms with Crippen molar-refractivity contribution in [1.29, 1.82) is 0 Å². The maximum atomic E-state index is 4.66. The van der Waals surface area contributed by atoms with Crippen molar-refractivity contribution in [3.63, 3.8) is 0 Å². The zero-order chi connectivity index (χ0) is 11.9. The van der Waals surface area contributed by atoms with Crippen LogP contribution < -0.4 is 0 Å². The zero-order valence-corrected chi connectivity index (χ0v) is 10.2. The van der Waals surface area contributed by atoms with Gasteiger partial charge >= 0.3 is 0 Å². The normalized spacial score (nSPS) is 11.3. The fraction of sp³-hybridized carbons (Fsp3) is 0. The molecule has 0 aliphatic rings. The predicted octanol–water partition coefficient (Wildman–Crippen LogP) is 3.84. The molecule has 0 aliphatic heterocycles. The maximum absolute atomic E-state index is 4.66. The lowest BCUT2D eigenvalue weighted by Crippen LogP contribution is -1.75. The van der Waals surface area contributed by atoms with Crippen LogP contribution in [0.2, 0.25) is 0 Å². The van der Waals surface area contributed by atoms with E-state index in [9.17, 15) is 0 Å². The number of nitrogens with one attached hydrogen (secondary N) is 1. The van der Waals surface area contributed by atoms with Crippen LogP contribution in [-0.4, -0.2) is 15.2 Å². The summed E-state index contributed by atoms with van der Waals surface area (Å²) in [5, 5.41) is 9.17. The van der Waals surface area contributed by atoms with Gasteiger partial charge < -0.3 is 0 Å². The molecule has 4 aromatic rings. The lowest BCUT2D eigenvalue weighted by Gasteiger charge is -1.95. The molecule has 0 spiro atoms. The molecule has 0 atom stereocenters. The SMILES string of the molecule is c1ccc2sc(-c3ccc4[nH]ncc4c3)nc2c1. The molecule has 2 heterocycles. The lowest BCUT2D eigenvalue weighted by molar-refractivity contribution is 1.12. The summed E-state index contributed by atoms with van der Waals surface area (Å²) >= 11 is 1.72. The first-order valence-electron chi connectivity index (χ1n) is 5.69. The molecule has 4 heteroatoms. The summed E-state index contributed by atoms with van der Waals surface area (Å²) in [7, 11) is 0. The number of H-pyrrole nitrogens is 1. The van der Waals surface area contributed by atoms with Crippen molar-refractivity contribution in [3.8, 4) is 10.6 Å². The highest BCUT2D eigenvalue weighted by atomic mass is 32.1. The minimum atomic E-state index is 1.05. The molecule has 2 aromatic heterocycles. The highest BCUT2D eigenvalue weighted by Gasteiger charge is 2.06. The molecule has 1 N–H and O–H groups in total. The van der Waals surface area contributed by atoms with E-state index in [2.05, 4.69) is 33.4 Å². The van der Waals surface area contributed by atoms with Gasteiger partial charge in [0.15, 0.2) is 0 Å². The Morgan fingerprint density at radius 3 is 2.94 bits per heavy atom. The van der Waals surface area contributed by atoms with Gasteiger partial charge in [-0.25, -0.2) is 4.98 Å². The van der Waals surface area contributed by atoms with Crippen molar-refractivity contribution >= 4 is 32.5 Å². The van der Waals surface area contributed by atoms with Crippen LogP contribution in [0.4, 0.5) is 0 Å². The number of benzene rings is 2. The number of nitrogens with zero attached hydrogens (tertiary/aromatic N) is 2. The van der Waals surface area contributed by atoms with Gasteiger partial charge in [0.1, 0.15) is 5.01 Å². The molecule has 0 bridgehead atoms. The topological polar surface area (TPSA) is 41.6 Å². The first kappa shape index (κ1) is 9.79. The van der Waals surface area contributed by atoms with Gasteiger partial charge in [0, 0.05) is 10.9 Å². The molecule has 18 heavy (non-hydrogen) atoms. The molecule has 0 saturated heterocycles. The van der Waals surface area contributed by atoms with Crippen molar-refractivity contribution in [1.82, 2.24) is 15.2 Å². The Hall–Kier alpha value is -2.20. The molecule has 4 rings (SSSR count). The Morgan fingerprint density at radius 2 is 2.00 bits per heavy atom. The lowest BCUT2D eigenvalue weighted by atomic mass is 10.2. The van der Waals surface area contributed by atoms with Crippen molar-refractivity contribution in [3.05, 3.63) is 48.7 Å². The van der Waals surface area contributed by atoms with Crippen LogP contribution in [0.25, 0.3) is 31.7 Å². The largest absolute Gasteiger partial charge is 0.278 e. The molecular weight excluding hydrogens is 242 g/mol. The molecule has 0 fully saturated rings. The zero-order valence-electron chi connectivity index (χ0n) is 9.42. The van der Waals surface area contributed by atoms with Crippen LogP contribution in [0, 0.1) is 0 Å². The molecule has 0 radical (unpaired) electrons. The number of thiazole rings is 1. The summed E-state index contributed by atoms with van der Waals surface area (Å²) < 4.78 is 1.22. The third-order valence-electron chi connectivity index (χ3n) is 2.98. The van der Waals surface area contributed by atoms with Gasteiger partial charge in [-0.3, -0.25) is 5.10 Å². The highest BCUT2D eigenvalue weighted by Crippen LogP contribution is 2.31. The first-order chi connectivity index (χ1) is 8.90. The van der Waals surface area contributed by atoms with Crippen LogP contribution in [0.5, 0.6) is 0 Å². The molecule has 2 aromatic carbocycles. The minimum Gasteiger partial charge on any atom is -0.278 e. The number of hydrogen-bond acceptors (Lipinski definition) is 3.